The molecule has 1 aromatic carbocycles. The molecule has 0 saturated heterocycles. The summed E-state index contributed by atoms with van der Waals surface area (Å²) in [4.78, 5) is 15.0. The summed E-state index contributed by atoms with van der Waals surface area (Å²) in [5.74, 6) is 0.929. The molecule has 1 unspecified atom stereocenters. The lowest BCUT2D eigenvalue weighted by Gasteiger charge is -2.34. The van der Waals surface area contributed by atoms with E-state index < -0.39 is 0 Å². The van der Waals surface area contributed by atoms with Crippen molar-refractivity contribution in [3.63, 3.8) is 0 Å². The Morgan fingerprint density at radius 3 is 2.54 bits per heavy atom. The fourth-order valence-corrected chi connectivity index (χ4v) is 3.36. The molecule has 1 amide bonds. The zero-order valence-corrected chi connectivity index (χ0v) is 14.9. The van der Waals surface area contributed by atoms with Crippen LogP contribution < -0.4 is 4.74 Å². The number of carbonyl (C=O) groups is 1. The molecule has 1 atom stereocenters. The third-order valence-corrected chi connectivity index (χ3v) is 4.80. The van der Waals surface area contributed by atoms with E-state index in [-0.39, 0.29) is 24.0 Å². The lowest BCUT2D eigenvalue weighted by Crippen LogP contribution is -2.44. The van der Waals surface area contributed by atoms with Crippen molar-refractivity contribution >= 4 is 5.91 Å². The Bertz CT molecular complexity index is 526. The number of hydrogen-bond donors (Lipinski definition) is 1. The Kier molecular flexibility index (Phi) is 7.06. The molecule has 2 rings (SSSR count). The van der Waals surface area contributed by atoms with Gasteiger partial charge >= 0.3 is 0 Å². The number of aliphatic hydroxyl groups excluding tert-OH is 1. The average Bonchev–Trinajstić information content (AvgIpc) is 2.60. The van der Waals surface area contributed by atoms with Gasteiger partial charge in [0.1, 0.15) is 5.75 Å². The molecule has 1 saturated carbocycles. The van der Waals surface area contributed by atoms with E-state index in [0.717, 1.165) is 24.2 Å². The molecular weight excluding hydrogens is 306 g/mol. The van der Waals surface area contributed by atoms with Crippen molar-refractivity contribution in [2.45, 2.75) is 51.3 Å². The van der Waals surface area contributed by atoms with E-state index in [0.29, 0.717) is 26.0 Å². The number of benzene rings is 1. The molecule has 0 aliphatic heterocycles. The maximum absolute atomic E-state index is 13.1. The Labute approximate surface area is 144 Å². The Morgan fingerprint density at radius 2 is 1.92 bits per heavy atom. The quantitative estimate of drug-likeness (QED) is 0.832. The van der Waals surface area contributed by atoms with E-state index in [1.165, 1.54) is 0 Å². The molecule has 1 aromatic rings. The van der Waals surface area contributed by atoms with Crippen molar-refractivity contribution in [2.75, 3.05) is 20.8 Å². The molecule has 0 aromatic heterocycles. The van der Waals surface area contributed by atoms with E-state index in [4.69, 9.17) is 9.47 Å². The number of rotatable bonds is 7. The van der Waals surface area contributed by atoms with Gasteiger partial charge in [-0.25, -0.2) is 0 Å². The van der Waals surface area contributed by atoms with Crippen molar-refractivity contribution in [3.8, 4) is 5.75 Å². The van der Waals surface area contributed by atoms with Gasteiger partial charge in [0, 0.05) is 25.1 Å². The first kappa shape index (κ1) is 18.7. The Balaban J connectivity index is 2.16. The second-order valence-corrected chi connectivity index (χ2v) is 6.59. The van der Waals surface area contributed by atoms with Crippen LogP contribution in [0, 0.1) is 5.92 Å². The summed E-state index contributed by atoms with van der Waals surface area (Å²) in [6, 6.07) is 7.77. The van der Waals surface area contributed by atoms with Crippen LogP contribution in [0.15, 0.2) is 24.3 Å². The van der Waals surface area contributed by atoms with Crippen LogP contribution in [0.5, 0.6) is 5.75 Å². The second kappa shape index (κ2) is 9.04. The van der Waals surface area contributed by atoms with Gasteiger partial charge in [-0.3, -0.25) is 4.79 Å². The lowest BCUT2D eigenvalue weighted by atomic mass is 9.86. The van der Waals surface area contributed by atoms with Crippen molar-refractivity contribution in [2.24, 2.45) is 5.92 Å². The molecule has 24 heavy (non-hydrogen) atoms. The van der Waals surface area contributed by atoms with Crippen LogP contribution in [0.2, 0.25) is 0 Å². The summed E-state index contributed by atoms with van der Waals surface area (Å²) in [5, 5.41) is 9.68. The molecule has 1 aliphatic rings. The zero-order chi connectivity index (χ0) is 17.5. The van der Waals surface area contributed by atoms with Crippen LogP contribution in [0.4, 0.5) is 0 Å². The van der Waals surface area contributed by atoms with Crippen LogP contribution >= 0.6 is 0 Å². The van der Waals surface area contributed by atoms with Gasteiger partial charge in [0.15, 0.2) is 0 Å². The number of aliphatic hydroxyl groups is 1. The topological polar surface area (TPSA) is 59.0 Å². The van der Waals surface area contributed by atoms with Crippen molar-refractivity contribution < 1.29 is 19.4 Å². The van der Waals surface area contributed by atoms with Gasteiger partial charge < -0.3 is 19.5 Å². The van der Waals surface area contributed by atoms with Gasteiger partial charge in [0.05, 0.1) is 25.9 Å². The summed E-state index contributed by atoms with van der Waals surface area (Å²) in [5.41, 5.74) is 0.993. The van der Waals surface area contributed by atoms with Crippen LogP contribution in [0.25, 0.3) is 0 Å². The highest BCUT2D eigenvalue weighted by Crippen LogP contribution is 2.28. The number of carbonyl (C=O) groups excluding carboxylic acids is 1. The monoisotopic (exact) mass is 335 g/mol. The van der Waals surface area contributed by atoms with Crippen LogP contribution in [-0.4, -0.2) is 48.9 Å². The van der Waals surface area contributed by atoms with E-state index in [2.05, 4.69) is 0 Å². The van der Waals surface area contributed by atoms with Crippen LogP contribution in [0.1, 0.15) is 38.2 Å². The average molecular weight is 335 g/mol. The first-order chi connectivity index (χ1) is 11.6. The van der Waals surface area contributed by atoms with Crippen LogP contribution in [0.3, 0.4) is 0 Å². The molecule has 0 heterocycles. The number of ether oxygens (including phenoxy) is 2. The SMILES string of the molecule is COCC(C)N(Cc1ccccc1OC)C(=O)C1CCC(O)CC1. The fourth-order valence-electron chi connectivity index (χ4n) is 3.36. The van der Waals surface area contributed by atoms with Gasteiger partial charge in [0.2, 0.25) is 5.91 Å². The molecule has 1 fully saturated rings. The van der Waals surface area contributed by atoms with E-state index in [1.807, 2.05) is 36.1 Å². The minimum Gasteiger partial charge on any atom is -0.496 e. The smallest absolute Gasteiger partial charge is 0.226 e. The molecule has 1 N–H and O–H groups in total. The van der Waals surface area contributed by atoms with E-state index in [1.54, 1.807) is 14.2 Å². The van der Waals surface area contributed by atoms with Gasteiger partial charge in [-0.05, 0) is 38.7 Å². The van der Waals surface area contributed by atoms with E-state index >= 15 is 0 Å². The summed E-state index contributed by atoms with van der Waals surface area (Å²) >= 11 is 0. The third-order valence-electron chi connectivity index (χ3n) is 4.80. The highest BCUT2D eigenvalue weighted by atomic mass is 16.5. The van der Waals surface area contributed by atoms with Gasteiger partial charge in [-0.15, -0.1) is 0 Å². The maximum atomic E-state index is 13.1. The van der Waals surface area contributed by atoms with Crippen molar-refractivity contribution in [1.82, 2.24) is 4.90 Å². The number of para-hydroxylation sites is 1. The highest BCUT2D eigenvalue weighted by molar-refractivity contribution is 5.79. The predicted octanol–water partition coefficient (Wildman–Crippen LogP) is 2.61. The molecule has 1 aliphatic carbocycles. The molecule has 5 nitrogen and oxygen atoms in total. The van der Waals surface area contributed by atoms with Gasteiger partial charge in [-0.2, -0.15) is 0 Å². The first-order valence-corrected chi connectivity index (χ1v) is 8.66. The molecule has 0 bridgehead atoms. The third kappa shape index (κ3) is 4.71. The van der Waals surface area contributed by atoms with Crippen LogP contribution in [-0.2, 0) is 16.1 Å². The molecule has 0 spiro atoms. The Hall–Kier alpha value is -1.59. The lowest BCUT2D eigenvalue weighted by molar-refractivity contribution is -0.141. The summed E-state index contributed by atoms with van der Waals surface area (Å²) < 4.78 is 10.7. The first-order valence-electron chi connectivity index (χ1n) is 8.66. The van der Waals surface area contributed by atoms with Gasteiger partial charge in [0.25, 0.3) is 0 Å². The standard InChI is InChI=1S/C19H29NO4/c1-14(13-23-2)20(12-16-6-4-5-7-18(16)24-3)19(22)15-8-10-17(21)11-9-15/h4-7,14-15,17,21H,8-13H2,1-3H3. The number of hydrogen-bond acceptors (Lipinski definition) is 4. The largest absolute Gasteiger partial charge is 0.496 e. The zero-order valence-electron chi connectivity index (χ0n) is 14.9. The van der Waals surface area contributed by atoms with Crippen molar-refractivity contribution in [1.29, 1.82) is 0 Å². The predicted molar refractivity (Wildman–Crippen MR) is 92.8 cm³/mol. The summed E-state index contributed by atoms with van der Waals surface area (Å²) in [7, 11) is 3.30. The molecular formula is C19H29NO4. The molecule has 134 valence electrons. The van der Waals surface area contributed by atoms with Gasteiger partial charge in [-0.1, -0.05) is 18.2 Å². The summed E-state index contributed by atoms with van der Waals surface area (Å²) in [6.07, 6.45) is 2.66. The second-order valence-electron chi connectivity index (χ2n) is 6.59. The summed E-state index contributed by atoms with van der Waals surface area (Å²) in [6.45, 7) is 3.01. The fraction of sp³-hybridized carbons (Fsp3) is 0.632. The normalized spacial score (nSPS) is 22.0. The molecule has 0 radical (unpaired) electrons. The highest BCUT2D eigenvalue weighted by Gasteiger charge is 2.31. The Morgan fingerprint density at radius 1 is 1.25 bits per heavy atom. The maximum Gasteiger partial charge on any atom is 0.226 e. The number of amides is 1. The number of methoxy groups -OCH3 is 2. The molecule has 5 heteroatoms. The number of nitrogens with zero attached hydrogens (tertiary/aromatic N) is 1. The van der Waals surface area contributed by atoms with E-state index in [9.17, 15) is 9.90 Å². The minimum atomic E-state index is -0.256. The van der Waals surface area contributed by atoms with Crippen molar-refractivity contribution in [3.05, 3.63) is 29.8 Å². The minimum absolute atomic E-state index is 0.0117.